The maximum absolute atomic E-state index is 11.7. The summed E-state index contributed by atoms with van der Waals surface area (Å²) in [5.41, 5.74) is 0.270. The zero-order valence-corrected chi connectivity index (χ0v) is 9.44. The van der Waals surface area contributed by atoms with Crippen LogP contribution in [0, 0.1) is 0 Å². The van der Waals surface area contributed by atoms with Gasteiger partial charge in [-0.1, -0.05) is 23.2 Å². The molecule has 80 valence electrons. The van der Waals surface area contributed by atoms with Crippen LogP contribution < -0.4 is 0 Å². The summed E-state index contributed by atoms with van der Waals surface area (Å²) in [5, 5.41) is -0.0578. The lowest BCUT2D eigenvalue weighted by molar-refractivity contribution is -0.116. The second-order valence-electron chi connectivity index (χ2n) is 3.54. The predicted molar refractivity (Wildman–Crippen MR) is 57.6 cm³/mol. The molecule has 0 bridgehead atoms. The van der Waals surface area contributed by atoms with Crippen LogP contribution in [0.4, 0.5) is 0 Å². The molecule has 3 nitrogen and oxygen atoms in total. The molecule has 0 radical (unpaired) electrons. The summed E-state index contributed by atoms with van der Waals surface area (Å²) in [7, 11) is 0. The fraction of sp³-hybridized carbons (Fsp3) is 0.400. The second-order valence-corrected chi connectivity index (χ2v) is 4.33. The predicted octanol–water partition coefficient (Wildman–Crippen LogP) is 1.81. The molecule has 0 aromatic carbocycles. The van der Waals surface area contributed by atoms with Gasteiger partial charge in [0.1, 0.15) is 10.7 Å². The van der Waals surface area contributed by atoms with Gasteiger partial charge in [0.15, 0.2) is 0 Å². The molecule has 1 saturated heterocycles. The SMILES string of the molecule is O=C1C=C(Cl)C(=O)C(N2CCCC2)=C1Cl. The highest BCUT2D eigenvalue weighted by molar-refractivity contribution is 6.54. The van der Waals surface area contributed by atoms with E-state index in [1.165, 1.54) is 0 Å². The molecular weight excluding hydrogens is 237 g/mol. The van der Waals surface area contributed by atoms with E-state index in [9.17, 15) is 9.59 Å². The molecule has 1 heterocycles. The van der Waals surface area contributed by atoms with Crippen LogP contribution in [0.3, 0.4) is 0 Å². The number of rotatable bonds is 1. The van der Waals surface area contributed by atoms with Gasteiger partial charge in [-0.3, -0.25) is 9.59 Å². The smallest absolute Gasteiger partial charge is 0.222 e. The molecule has 0 unspecified atom stereocenters. The number of likely N-dealkylation sites (tertiary alicyclic amines) is 1. The summed E-state index contributed by atoms with van der Waals surface area (Å²) in [4.78, 5) is 25.0. The Balaban J connectivity index is 2.38. The van der Waals surface area contributed by atoms with Gasteiger partial charge in [0.25, 0.3) is 0 Å². The number of Topliss-reactive ketones (excluding diaryl/α,β-unsaturated/α-hetero) is 1. The van der Waals surface area contributed by atoms with Crippen molar-refractivity contribution in [1.82, 2.24) is 4.90 Å². The molecule has 0 spiro atoms. The molecule has 0 saturated carbocycles. The first-order valence-corrected chi connectivity index (χ1v) is 5.48. The third-order valence-corrected chi connectivity index (χ3v) is 3.18. The fourth-order valence-corrected chi connectivity index (χ4v) is 2.25. The second kappa shape index (κ2) is 3.99. The van der Waals surface area contributed by atoms with Crippen LogP contribution in [-0.2, 0) is 9.59 Å². The first-order chi connectivity index (χ1) is 7.11. The Morgan fingerprint density at radius 1 is 1.13 bits per heavy atom. The fourth-order valence-electron chi connectivity index (χ4n) is 1.80. The van der Waals surface area contributed by atoms with Crippen molar-refractivity contribution in [2.75, 3.05) is 13.1 Å². The topological polar surface area (TPSA) is 37.4 Å². The zero-order valence-electron chi connectivity index (χ0n) is 7.93. The highest BCUT2D eigenvalue weighted by Gasteiger charge is 2.31. The lowest BCUT2D eigenvalue weighted by atomic mass is 10.1. The Bertz CT molecular complexity index is 392. The van der Waals surface area contributed by atoms with Crippen molar-refractivity contribution in [2.45, 2.75) is 12.8 Å². The Kier molecular flexibility index (Phi) is 2.85. The Labute approximate surface area is 97.3 Å². The molecule has 0 N–H and O–H groups in total. The van der Waals surface area contributed by atoms with Crippen LogP contribution in [0.25, 0.3) is 0 Å². The van der Waals surface area contributed by atoms with Crippen LogP contribution in [0.5, 0.6) is 0 Å². The van der Waals surface area contributed by atoms with Gasteiger partial charge >= 0.3 is 0 Å². The maximum Gasteiger partial charge on any atom is 0.222 e. The average Bonchev–Trinajstić information content (AvgIpc) is 2.69. The van der Waals surface area contributed by atoms with Gasteiger partial charge < -0.3 is 4.90 Å². The summed E-state index contributed by atoms with van der Waals surface area (Å²) in [6.07, 6.45) is 3.10. The zero-order chi connectivity index (χ0) is 11.0. The number of nitrogens with zero attached hydrogens (tertiary/aromatic N) is 1. The Hall–Kier alpha value is -0.800. The number of ketones is 2. The van der Waals surface area contributed by atoms with Gasteiger partial charge in [-0.2, -0.15) is 0 Å². The molecule has 1 fully saturated rings. The number of hydrogen-bond acceptors (Lipinski definition) is 3. The minimum atomic E-state index is -0.386. The van der Waals surface area contributed by atoms with E-state index in [-0.39, 0.29) is 27.3 Å². The summed E-state index contributed by atoms with van der Waals surface area (Å²) >= 11 is 11.5. The van der Waals surface area contributed by atoms with E-state index in [0.29, 0.717) is 0 Å². The molecule has 1 aliphatic carbocycles. The minimum absolute atomic E-state index is 0.00806. The van der Waals surface area contributed by atoms with Gasteiger partial charge in [0, 0.05) is 19.2 Å². The summed E-state index contributed by atoms with van der Waals surface area (Å²) in [6, 6.07) is 0. The molecule has 1 aliphatic heterocycles. The van der Waals surface area contributed by atoms with Crippen molar-refractivity contribution in [2.24, 2.45) is 0 Å². The summed E-state index contributed by atoms with van der Waals surface area (Å²) in [6.45, 7) is 1.52. The first kappa shape index (κ1) is 10.7. The third kappa shape index (κ3) is 1.82. The number of allylic oxidation sites excluding steroid dienone is 3. The van der Waals surface area contributed by atoms with Crippen molar-refractivity contribution >= 4 is 34.8 Å². The lowest BCUT2D eigenvalue weighted by Gasteiger charge is -2.23. The third-order valence-electron chi connectivity index (χ3n) is 2.54. The maximum atomic E-state index is 11.7. The van der Waals surface area contributed by atoms with E-state index in [4.69, 9.17) is 23.2 Å². The quantitative estimate of drug-likeness (QED) is 0.662. The molecule has 0 atom stereocenters. The molecule has 0 amide bonds. The number of halogens is 2. The molecule has 15 heavy (non-hydrogen) atoms. The lowest BCUT2D eigenvalue weighted by Crippen LogP contribution is -2.29. The Morgan fingerprint density at radius 3 is 2.33 bits per heavy atom. The Morgan fingerprint density at radius 2 is 1.73 bits per heavy atom. The van der Waals surface area contributed by atoms with Crippen molar-refractivity contribution in [1.29, 1.82) is 0 Å². The number of carbonyl (C=O) groups excluding carboxylic acids is 2. The van der Waals surface area contributed by atoms with E-state index >= 15 is 0 Å². The molecule has 2 aliphatic rings. The van der Waals surface area contributed by atoms with Gasteiger partial charge in [-0.25, -0.2) is 0 Å². The molecule has 0 aromatic heterocycles. The van der Waals surface area contributed by atoms with E-state index in [2.05, 4.69) is 0 Å². The first-order valence-electron chi connectivity index (χ1n) is 4.72. The van der Waals surface area contributed by atoms with Crippen LogP contribution in [0.2, 0.25) is 0 Å². The van der Waals surface area contributed by atoms with E-state index in [1.807, 2.05) is 4.90 Å². The average molecular weight is 246 g/mol. The molecule has 0 aromatic rings. The molecule has 5 heteroatoms. The van der Waals surface area contributed by atoms with Crippen LogP contribution >= 0.6 is 23.2 Å². The largest absolute Gasteiger partial charge is 0.367 e. The van der Waals surface area contributed by atoms with Gasteiger partial charge in [-0.15, -0.1) is 0 Å². The highest BCUT2D eigenvalue weighted by Crippen LogP contribution is 2.28. The monoisotopic (exact) mass is 245 g/mol. The van der Waals surface area contributed by atoms with Gasteiger partial charge in [-0.05, 0) is 12.8 Å². The van der Waals surface area contributed by atoms with Crippen molar-refractivity contribution in [3.8, 4) is 0 Å². The van der Waals surface area contributed by atoms with Crippen LogP contribution in [0.15, 0.2) is 21.8 Å². The van der Waals surface area contributed by atoms with Gasteiger partial charge in [0.05, 0.1) is 5.03 Å². The van der Waals surface area contributed by atoms with Crippen molar-refractivity contribution in [3.05, 3.63) is 21.8 Å². The van der Waals surface area contributed by atoms with E-state index in [1.54, 1.807) is 0 Å². The highest BCUT2D eigenvalue weighted by atomic mass is 35.5. The standard InChI is InChI=1S/C10H9Cl2NO2/c11-6-5-7(14)8(12)9(10(6)15)13-3-1-2-4-13/h5H,1-4H2. The molecular formula is C10H9Cl2NO2. The normalized spacial score (nSPS) is 22.5. The van der Waals surface area contributed by atoms with Crippen LogP contribution in [0.1, 0.15) is 12.8 Å². The van der Waals surface area contributed by atoms with Gasteiger partial charge in [0.2, 0.25) is 11.6 Å². The minimum Gasteiger partial charge on any atom is -0.367 e. The van der Waals surface area contributed by atoms with E-state index < -0.39 is 0 Å². The van der Waals surface area contributed by atoms with Crippen molar-refractivity contribution < 1.29 is 9.59 Å². The van der Waals surface area contributed by atoms with E-state index in [0.717, 1.165) is 32.0 Å². The van der Waals surface area contributed by atoms with Crippen molar-refractivity contribution in [3.63, 3.8) is 0 Å². The van der Waals surface area contributed by atoms with Crippen LogP contribution in [-0.4, -0.2) is 29.6 Å². The number of hydrogen-bond donors (Lipinski definition) is 0. The number of carbonyl (C=O) groups is 2. The summed E-state index contributed by atoms with van der Waals surface area (Å²) in [5.74, 6) is -0.730. The summed E-state index contributed by atoms with van der Waals surface area (Å²) < 4.78 is 0. The molecule has 2 rings (SSSR count).